The molecule has 0 radical (unpaired) electrons. The summed E-state index contributed by atoms with van der Waals surface area (Å²) in [6.45, 7) is -0.150. The number of carbonyl (C=O) groups is 3. The number of para-hydroxylation sites is 1. The Morgan fingerprint density at radius 3 is 2.49 bits per heavy atom. The Balaban J connectivity index is 1.58. The van der Waals surface area contributed by atoms with E-state index in [1.165, 1.54) is 16.7 Å². The van der Waals surface area contributed by atoms with E-state index < -0.39 is 12.0 Å². The van der Waals surface area contributed by atoms with Gasteiger partial charge in [-0.3, -0.25) is 14.5 Å². The minimum Gasteiger partial charge on any atom is -0.465 e. The highest BCUT2D eigenvalue weighted by atomic mass is 16.5. The molecule has 0 saturated heterocycles. The Bertz CT molecular complexity index is 1460. The van der Waals surface area contributed by atoms with Crippen LogP contribution in [0.4, 0.5) is 5.69 Å². The van der Waals surface area contributed by atoms with Gasteiger partial charge in [-0.1, -0.05) is 73.0 Å². The van der Waals surface area contributed by atoms with Crippen LogP contribution in [-0.4, -0.2) is 45.9 Å². The molecule has 200 valence electrons. The molecule has 0 spiro atoms. The molecule has 1 fully saturated rings. The average Bonchev–Trinajstić information content (AvgIpc) is 3.38. The summed E-state index contributed by atoms with van der Waals surface area (Å²) in [5, 5.41) is 11.6. The number of nitrogens with one attached hydrogen (secondary N) is 1. The number of hydrogen-bond donors (Lipinski definition) is 1. The topological polar surface area (TPSA) is 106 Å². The van der Waals surface area contributed by atoms with Gasteiger partial charge in [0.15, 0.2) is 0 Å². The van der Waals surface area contributed by atoms with E-state index in [-0.39, 0.29) is 30.0 Å². The number of esters is 1. The molecule has 1 saturated carbocycles. The maximum atomic E-state index is 14.2. The van der Waals surface area contributed by atoms with Crippen LogP contribution in [0.2, 0.25) is 0 Å². The smallest absolute Gasteiger partial charge is 0.337 e. The third kappa shape index (κ3) is 5.82. The Hall–Kier alpha value is -4.53. The van der Waals surface area contributed by atoms with Crippen molar-refractivity contribution in [3.05, 3.63) is 90.0 Å². The summed E-state index contributed by atoms with van der Waals surface area (Å²) in [6, 6.07) is 22.3. The number of fused-ring (bicyclic) bond motifs is 1. The van der Waals surface area contributed by atoms with Crippen molar-refractivity contribution in [3.8, 4) is 0 Å². The summed E-state index contributed by atoms with van der Waals surface area (Å²) >= 11 is 0. The molecule has 39 heavy (non-hydrogen) atoms. The van der Waals surface area contributed by atoms with Gasteiger partial charge in [-0.25, -0.2) is 9.48 Å². The van der Waals surface area contributed by atoms with Crippen molar-refractivity contribution < 1.29 is 19.1 Å². The quantitative estimate of drug-likeness (QED) is 0.341. The lowest BCUT2D eigenvalue weighted by atomic mass is 9.94. The van der Waals surface area contributed by atoms with Crippen molar-refractivity contribution in [3.63, 3.8) is 0 Å². The van der Waals surface area contributed by atoms with E-state index in [1.54, 1.807) is 24.3 Å². The normalized spacial score (nSPS) is 14.5. The number of methoxy groups -OCH3 is 1. The van der Waals surface area contributed by atoms with Crippen molar-refractivity contribution in [1.82, 2.24) is 20.3 Å². The lowest BCUT2D eigenvalue weighted by molar-refractivity contribution is -0.127. The molecule has 1 aliphatic rings. The molecular formula is C30H31N5O4. The van der Waals surface area contributed by atoms with Gasteiger partial charge in [0.25, 0.3) is 0 Å². The fourth-order valence-electron chi connectivity index (χ4n) is 5.16. The number of anilines is 1. The van der Waals surface area contributed by atoms with Gasteiger partial charge in [-0.05, 0) is 48.7 Å². The van der Waals surface area contributed by atoms with E-state index in [0.717, 1.165) is 32.1 Å². The third-order valence-corrected chi connectivity index (χ3v) is 7.09. The highest BCUT2D eigenvalue weighted by Crippen LogP contribution is 2.30. The molecule has 1 aliphatic carbocycles. The van der Waals surface area contributed by atoms with E-state index in [1.807, 2.05) is 54.6 Å². The van der Waals surface area contributed by atoms with Crippen molar-refractivity contribution in [2.45, 2.75) is 50.7 Å². The Morgan fingerprint density at radius 2 is 1.72 bits per heavy atom. The molecule has 0 aliphatic heterocycles. The second-order valence-corrected chi connectivity index (χ2v) is 9.70. The number of aromatic nitrogens is 3. The van der Waals surface area contributed by atoms with Crippen LogP contribution in [0.15, 0.2) is 78.9 Å². The van der Waals surface area contributed by atoms with Crippen LogP contribution in [0.1, 0.15) is 54.1 Å². The summed E-state index contributed by atoms with van der Waals surface area (Å²) in [7, 11) is 1.30. The highest BCUT2D eigenvalue weighted by Gasteiger charge is 2.34. The number of ether oxygens (including phenoxy) is 1. The lowest BCUT2D eigenvalue weighted by Gasteiger charge is -2.33. The molecule has 9 nitrogen and oxygen atoms in total. The van der Waals surface area contributed by atoms with Crippen LogP contribution in [0, 0.1) is 0 Å². The molecule has 1 atom stereocenters. The predicted octanol–water partition coefficient (Wildman–Crippen LogP) is 4.44. The van der Waals surface area contributed by atoms with Gasteiger partial charge in [0.2, 0.25) is 11.8 Å². The molecule has 4 aromatic rings. The Morgan fingerprint density at radius 1 is 0.974 bits per heavy atom. The predicted molar refractivity (Wildman–Crippen MR) is 147 cm³/mol. The summed E-state index contributed by atoms with van der Waals surface area (Å²) in [6.07, 6.45) is 5.09. The monoisotopic (exact) mass is 525 g/mol. The van der Waals surface area contributed by atoms with Gasteiger partial charge >= 0.3 is 5.97 Å². The second kappa shape index (κ2) is 11.9. The first-order valence-corrected chi connectivity index (χ1v) is 13.2. The zero-order valence-electron chi connectivity index (χ0n) is 21.8. The minimum absolute atomic E-state index is 0.0510. The van der Waals surface area contributed by atoms with Gasteiger partial charge in [0, 0.05) is 11.7 Å². The first-order valence-electron chi connectivity index (χ1n) is 13.2. The van der Waals surface area contributed by atoms with Crippen molar-refractivity contribution in [2.75, 3.05) is 12.0 Å². The first kappa shape index (κ1) is 26.1. The number of benzene rings is 3. The summed E-state index contributed by atoms with van der Waals surface area (Å²) in [4.78, 5) is 42.0. The van der Waals surface area contributed by atoms with E-state index in [2.05, 4.69) is 15.6 Å². The number of carbonyl (C=O) groups excluding carboxylic acids is 3. The van der Waals surface area contributed by atoms with Gasteiger partial charge in [-0.15, -0.1) is 5.10 Å². The molecule has 2 amide bonds. The van der Waals surface area contributed by atoms with Crippen LogP contribution in [0.25, 0.3) is 11.0 Å². The zero-order chi connectivity index (χ0) is 27.2. The van der Waals surface area contributed by atoms with Crippen LogP contribution in [0.3, 0.4) is 0 Å². The molecule has 9 heteroatoms. The molecule has 5 rings (SSSR count). The van der Waals surface area contributed by atoms with E-state index in [0.29, 0.717) is 22.3 Å². The SMILES string of the molecule is COC(=O)c1cccc(N(C(=O)Cn2nnc3ccccc32)C(C(=O)NC2CCCCC2)c2ccccc2)c1. The number of amides is 2. The number of rotatable bonds is 8. The summed E-state index contributed by atoms with van der Waals surface area (Å²) < 4.78 is 6.44. The van der Waals surface area contributed by atoms with E-state index in [4.69, 9.17) is 4.74 Å². The highest BCUT2D eigenvalue weighted by molar-refractivity contribution is 6.02. The van der Waals surface area contributed by atoms with Crippen molar-refractivity contribution >= 4 is 34.5 Å². The molecule has 1 N–H and O–H groups in total. The lowest BCUT2D eigenvalue weighted by Crippen LogP contribution is -2.48. The fraction of sp³-hybridized carbons (Fsp3) is 0.300. The Labute approximate surface area is 226 Å². The van der Waals surface area contributed by atoms with E-state index >= 15 is 0 Å². The summed E-state index contributed by atoms with van der Waals surface area (Å²) in [5.74, 6) is -1.18. The minimum atomic E-state index is -0.969. The number of nitrogens with zero attached hydrogens (tertiary/aromatic N) is 4. The molecule has 1 unspecified atom stereocenters. The van der Waals surface area contributed by atoms with Gasteiger partial charge < -0.3 is 10.1 Å². The molecule has 3 aromatic carbocycles. The second-order valence-electron chi connectivity index (χ2n) is 9.70. The zero-order valence-corrected chi connectivity index (χ0v) is 21.8. The molecular weight excluding hydrogens is 494 g/mol. The molecule has 0 bridgehead atoms. The Kier molecular flexibility index (Phi) is 7.96. The van der Waals surface area contributed by atoms with Crippen molar-refractivity contribution in [1.29, 1.82) is 0 Å². The maximum absolute atomic E-state index is 14.2. The van der Waals surface area contributed by atoms with Crippen LogP contribution in [0.5, 0.6) is 0 Å². The summed E-state index contributed by atoms with van der Waals surface area (Å²) in [5.41, 5.74) is 2.71. The maximum Gasteiger partial charge on any atom is 0.337 e. The third-order valence-electron chi connectivity index (χ3n) is 7.09. The fourth-order valence-corrected chi connectivity index (χ4v) is 5.16. The largest absolute Gasteiger partial charge is 0.465 e. The first-order chi connectivity index (χ1) is 19.0. The van der Waals surface area contributed by atoms with E-state index in [9.17, 15) is 14.4 Å². The van der Waals surface area contributed by atoms with Gasteiger partial charge in [-0.2, -0.15) is 0 Å². The van der Waals surface area contributed by atoms with Gasteiger partial charge in [0.05, 0.1) is 18.2 Å². The van der Waals surface area contributed by atoms with Gasteiger partial charge in [0.1, 0.15) is 18.1 Å². The average molecular weight is 526 g/mol. The van der Waals surface area contributed by atoms with Crippen LogP contribution in [-0.2, 0) is 20.9 Å². The van der Waals surface area contributed by atoms with Crippen LogP contribution < -0.4 is 10.2 Å². The molecule has 1 heterocycles. The molecule has 1 aromatic heterocycles. The van der Waals surface area contributed by atoms with Crippen molar-refractivity contribution in [2.24, 2.45) is 0 Å². The standard InChI is InChI=1S/C30H31N5O4/c1-39-30(38)22-13-10-16-24(19-22)35(27(36)20-34-26-18-9-8-17-25(26)32-33-34)28(21-11-4-2-5-12-21)29(37)31-23-14-6-3-7-15-23/h2,4-5,8-13,16-19,23,28H,3,6-7,14-15,20H2,1H3,(H,31,37). The van der Waals surface area contributed by atoms with Crippen LogP contribution >= 0.6 is 0 Å². The number of hydrogen-bond acceptors (Lipinski definition) is 6.